The highest BCUT2D eigenvalue weighted by Gasteiger charge is 2.29. The predicted octanol–water partition coefficient (Wildman–Crippen LogP) is 27.3. The molecular formula is C95H162O16P2. The predicted molar refractivity (Wildman–Crippen MR) is 472 cm³/mol. The van der Waals surface area contributed by atoms with E-state index in [1.807, 2.05) is 0 Å². The van der Waals surface area contributed by atoms with Crippen molar-refractivity contribution >= 4 is 33.6 Å². The number of esters is 3. The largest absolute Gasteiger partial charge is 0.472 e. The Labute approximate surface area is 689 Å². The molecule has 0 rings (SSSR count). The van der Waals surface area contributed by atoms with Crippen LogP contribution in [0.3, 0.4) is 0 Å². The number of carbonyl (C=O) groups is 3. The van der Waals surface area contributed by atoms with Gasteiger partial charge >= 0.3 is 33.6 Å². The fraction of sp³-hybridized carbons (Fsp3) is 0.695. The average molecular weight is 1620 g/mol. The number of rotatable bonds is 84. The summed E-state index contributed by atoms with van der Waals surface area (Å²) in [4.78, 5) is 58.9. The summed E-state index contributed by atoms with van der Waals surface area (Å²) in [5.41, 5.74) is 0. The van der Waals surface area contributed by atoms with Gasteiger partial charge in [0.05, 0.1) is 26.4 Å². The van der Waals surface area contributed by atoms with Gasteiger partial charge in [0.15, 0.2) is 6.10 Å². The molecule has 113 heavy (non-hydrogen) atoms. The number of ether oxygens (including phenoxy) is 3. The van der Waals surface area contributed by atoms with Gasteiger partial charge in [-0.2, -0.15) is 0 Å². The second-order valence-corrected chi connectivity index (χ2v) is 32.6. The Morgan fingerprint density at radius 1 is 0.257 bits per heavy atom. The van der Waals surface area contributed by atoms with E-state index in [4.69, 9.17) is 32.3 Å². The molecule has 5 atom stereocenters. The molecule has 0 spiro atoms. The van der Waals surface area contributed by atoms with Gasteiger partial charge in [-0.15, -0.1) is 0 Å². The molecule has 0 saturated carbocycles. The van der Waals surface area contributed by atoms with E-state index in [1.165, 1.54) is 135 Å². The van der Waals surface area contributed by atoms with Gasteiger partial charge in [0, 0.05) is 19.3 Å². The summed E-state index contributed by atoms with van der Waals surface area (Å²) >= 11 is 0. The maximum Gasteiger partial charge on any atom is 0.472 e. The summed E-state index contributed by atoms with van der Waals surface area (Å²) in [6.45, 7) is 2.51. The Hall–Kier alpha value is -4.83. The van der Waals surface area contributed by atoms with Crippen molar-refractivity contribution in [3.05, 3.63) is 158 Å². The standard InChI is InChI=1S/C95H162O16P2/c1-4-7-10-13-16-19-22-25-28-31-34-36-38-40-41-42-43-44-45-46-47-49-51-52-55-57-60-63-66-69-72-75-78-81-93(98)105-84-90(96)85-107-112(101,102)108-86-91(97)87-109-113(103,104)110-89-92(111-95(100)83-80-77-74-71-68-65-62-59-54-33-30-27-24-21-18-15-12-9-6-3)88-106-94(99)82-79-76-73-70-67-64-61-58-56-53-50-48-39-37-35-32-29-26-23-20-17-14-11-8-5-2/h8,11,16-21,25-30,34-37,40-41,48,50,54,56,58-59,90-92,96-97H,4-7,9-10,12-15,22-24,31-33,38-39,42-47,49,51-53,55,57,60-89H2,1-3H3,(H,101,102)(H,103,104)/b11-8-,19-16-,20-17-,21-18-,28-25-,29-26-,30-27-,36-34-,37-35-,41-40-,50-48-,58-56-,59-54-. The lowest BCUT2D eigenvalue weighted by molar-refractivity contribution is -0.161. The van der Waals surface area contributed by atoms with E-state index in [1.54, 1.807) is 0 Å². The van der Waals surface area contributed by atoms with Crippen LogP contribution < -0.4 is 0 Å². The molecule has 0 aliphatic carbocycles. The van der Waals surface area contributed by atoms with Crippen LogP contribution in [0.1, 0.15) is 367 Å². The minimum Gasteiger partial charge on any atom is -0.463 e. The Kier molecular flexibility index (Phi) is 82.8. The molecule has 0 amide bonds. The van der Waals surface area contributed by atoms with Crippen molar-refractivity contribution in [1.29, 1.82) is 0 Å². The average Bonchev–Trinajstić information content (AvgIpc) is 0.913. The third-order valence-corrected chi connectivity index (χ3v) is 20.6. The Balaban J connectivity index is 4.56. The molecule has 0 radical (unpaired) electrons. The number of phosphoric acid groups is 2. The Morgan fingerprint density at radius 2 is 0.469 bits per heavy atom. The monoisotopic (exact) mass is 1620 g/mol. The maximum atomic E-state index is 13.0. The van der Waals surface area contributed by atoms with Gasteiger partial charge in [-0.1, -0.05) is 352 Å². The molecule has 0 aliphatic rings. The third kappa shape index (κ3) is 87.8. The van der Waals surface area contributed by atoms with Crippen LogP contribution in [0.25, 0.3) is 0 Å². The summed E-state index contributed by atoms with van der Waals surface area (Å²) in [5.74, 6) is -1.60. The lowest BCUT2D eigenvalue weighted by Crippen LogP contribution is -2.30. The first-order valence-electron chi connectivity index (χ1n) is 44.8. The van der Waals surface area contributed by atoms with E-state index >= 15 is 0 Å². The smallest absolute Gasteiger partial charge is 0.463 e. The molecule has 5 unspecified atom stereocenters. The molecule has 16 nitrogen and oxygen atoms in total. The Morgan fingerprint density at radius 3 is 0.743 bits per heavy atom. The number of hydrogen-bond acceptors (Lipinski definition) is 14. The van der Waals surface area contributed by atoms with E-state index in [2.05, 4.69) is 179 Å². The number of unbranched alkanes of at least 4 members (excludes halogenated alkanes) is 35. The first kappa shape index (κ1) is 108. The molecule has 0 aromatic rings. The zero-order valence-electron chi connectivity index (χ0n) is 71.3. The van der Waals surface area contributed by atoms with E-state index in [0.29, 0.717) is 19.3 Å². The normalized spacial score (nSPS) is 14.6. The van der Waals surface area contributed by atoms with Gasteiger partial charge in [0.25, 0.3) is 0 Å². The molecule has 18 heteroatoms. The van der Waals surface area contributed by atoms with Gasteiger partial charge in [0.1, 0.15) is 25.4 Å². The van der Waals surface area contributed by atoms with Crippen LogP contribution in [-0.4, -0.2) is 95.9 Å². The number of aliphatic hydroxyl groups is 2. The molecular weight excluding hydrogens is 1460 g/mol. The molecule has 0 aliphatic heterocycles. The highest BCUT2D eigenvalue weighted by Crippen LogP contribution is 2.45. The lowest BCUT2D eigenvalue weighted by Gasteiger charge is -2.21. The molecule has 0 saturated heterocycles. The molecule has 0 heterocycles. The number of hydrogen-bond donors (Lipinski definition) is 4. The van der Waals surface area contributed by atoms with E-state index in [-0.39, 0.29) is 19.3 Å². The minimum absolute atomic E-state index is 0.0821. The summed E-state index contributed by atoms with van der Waals surface area (Å²) < 4.78 is 61.4. The first-order valence-corrected chi connectivity index (χ1v) is 47.8. The highest BCUT2D eigenvalue weighted by atomic mass is 31.2. The van der Waals surface area contributed by atoms with Crippen LogP contribution in [0, 0.1) is 0 Å². The molecule has 0 aromatic carbocycles. The summed E-state index contributed by atoms with van der Waals surface area (Å²) in [6.07, 6.45) is 110. The highest BCUT2D eigenvalue weighted by molar-refractivity contribution is 7.47. The summed E-state index contributed by atoms with van der Waals surface area (Å²) in [6, 6.07) is 0. The molecule has 648 valence electrons. The maximum absolute atomic E-state index is 13.0. The second kappa shape index (κ2) is 86.5. The summed E-state index contributed by atoms with van der Waals surface area (Å²) in [5, 5.41) is 20.7. The van der Waals surface area contributed by atoms with Crippen LogP contribution >= 0.6 is 15.6 Å². The fourth-order valence-corrected chi connectivity index (χ4v) is 13.5. The van der Waals surface area contributed by atoms with Gasteiger partial charge < -0.3 is 34.2 Å². The van der Waals surface area contributed by atoms with Crippen molar-refractivity contribution in [3.63, 3.8) is 0 Å². The Bertz CT molecular complexity index is 2680. The molecule has 0 bridgehead atoms. The number of phosphoric ester groups is 2. The van der Waals surface area contributed by atoms with Crippen LogP contribution in [0.15, 0.2) is 158 Å². The number of aliphatic hydroxyl groups excluding tert-OH is 2. The van der Waals surface area contributed by atoms with Crippen LogP contribution in [0.2, 0.25) is 0 Å². The van der Waals surface area contributed by atoms with Crippen LogP contribution in [-0.2, 0) is 55.8 Å². The minimum atomic E-state index is -4.95. The number of allylic oxidation sites excluding steroid dienone is 26. The number of carbonyl (C=O) groups excluding carboxylic acids is 3. The van der Waals surface area contributed by atoms with Gasteiger partial charge in [-0.05, 0) is 154 Å². The lowest BCUT2D eigenvalue weighted by atomic mass is 10.0. The topological polar surface area (TPSA) is 231 Å². The first-order chi connectivity index (χ1) is 55.2. The molecule has 0 aromatic heterocycles. The van der Waals surface area contributed by atoms with E-state index < -0.39 is 91.5 Å². The van der Waals surface area contributed by atoms with Crippen molar-refractivity contribution in [1.82, 2.24) is 0 Å². The molecule has 0 fully saturated rings. The third-order valence-electron chi connectivity index (χ3n) is 18.7. The van der Waals surface area contributed by atoms with Gasteiger partial charge in [-0.25, -0.2) is 9.13 Å². The zero-order valence-corrected chi connectivity index (χ0v) is 73.0. The SMILES string of the molecule is CC/C=C\C/C=C\C/C=C\C/C=C\C/C=C\C/C=C\CCCCCCCCC(=O)OCC(COP(=O)(O)OCC(O)COP(=O)(O)OCC(O)COC(=O)CCCCCCCCCCCCCCCCCCC/C=C\C/C=C\C/C=C\C/C=C\CCCCC)OC(=O)CCCCCCCC/C=C\C/C=C\C/C=C\CCCCC. The fourth-order valence-electron chi connectivity index (χ4n) is 11.9. The van der Waals surface area contributed by atoms with E-state index in [0.717, 1.165) is 173 Å². The van der Waals surface area contributed by atoms with Gasteiger partial charge in [-0.3, -0.25) is 32.5 Å². The second-order valence-electron chi connectivity index (χ2n) is 29.7. The van der Waals surface area contributed by atoms with Crippen molar-refractivity contribution in [3.8, 4) is 0 Å². The molecule has 4 N–H and O–H groups in total. The van der Waals surface area contributed by atoms with Crippen molar-refractivity contribution in [2.24, 2.45) is 0 Å². The zero-order chi connectivity index (χ0) is 82.2. The van der Waals surface area contributed by atoms with Crippen molar-refractivity contribution in [2.45, 2.75) is 386 Å². The van der Waals surface area contributed by atoms with E-state index in [9.17, 15) is 43.5 Å². The van der Waals surface area contributed by atoms with Crippen molar-refractivity contribution in [2.75, 3.05) is 39.6 Å². The van der Waals surface area contributed by atoms with Crippen LogP contribution in [0.5, 0.6) is 0 Å². The van der Waals surface area contributed by atoms with Crippen LogP contribution in [0.4, 0.5) is 0 Å². The van der Waals surface area contributed by atoms with Gasteiger partial charge in [0.2, 0.25) is 0 Å². The quantitative estimate of drug-likeness (QED) is 0.0146. The summed E-state index contributed by atoms with van der Waals surface area (Å²) in [7, 11) is -9.82. The van der Waals surface area contributed by atoms with Crippen molar-refractivity contribution < 1.29 is 75.8 Å².